The van der Waals surface area contributed by atoms with Gasteiger partial charge in [0, 0.05) is 22.6 Å². The molecule has 0 aliphatic rings. The molecular weight excluding hydrogens is 350 g/mol. The van der Waals surface area contributed by atoms with E-state index in [1.54, 1.807) is 24.3 Å². The third-order valence-corrected chi connectivity index (χ3v) is 4.40. The van der Waals surface area contributed by atoms with Crippen molar-refractivity contribution >= 4 is 28.9 Å². The number of hydrogen-bond donors (Lipinski definition) is 3. The van der Waals surface area contributed by atoms with Crippen LogP contribution in [0.3, 0.4) is 0 Å². The summed E-state index contributed by atoms with van der Waals surface area (Å²) in [5.41, 5.74) is 5.10. The second-order valence-electron chi connectivity index (χ2n) is 6.60. The highest BCUT2D eigenvalue weighted by Crippen LogP contribution is 2.17. The van der Waals surface area contributed by atoms with Gasteiger partial charge in [0.15, 0.2) is 0 Å². The predicted molar refractivity (Wildman–Crippen MR) is 114 cm³/mol. The van der Waals surface area contributed by atoms with Gasteiger partial charge in [0.1, 0.15) is 0 Å². The Morgan fingerprint density at radius 2 is 1.43 bits per heavy atom. The Hall–Kier alpha value is -3.60. The van der Waals surface area contributed by atoms with Crippen molar-refractivity contribution in [2.75, 3.05) is 22.5 Å². The molecule has 0 bridgehead atoms. The second-order valence-corrected chi connectivity index (χ2v) is 6.60. The Morgan fingerprint density at radius 1 is 0.714 bits per heavy atom. The number of nitrogens with one attached hydrogen (secondary N) is 3. The van der Waals surface area contributed by atoms with Gasteiger partial charge in [-0.05, 0) is 67.4 Å². The van der Waals surface area contributed by atoms with E-state index in [2.05, 4.69) is 16.0 Å². The molecule has 142 valence electrons. The Labute approximate surface area is 164 Å². The van der Waals surface area contributed by atoms with Gasteiger partial charge in [0.2, 0.25) is 5.91 Å². The molecule has 0 saturated carbocycles. The van der Waals surface area contributed by atoms with Gasteiger partial charge in [0.25, 0.3) is 5.91 Å². The van der Waals surface area contributed by atoms with Crippen LogP contribution in [-0.2, 0) is 4.79 Å². The van der Waals surface area contributed by atoms with Gasteiger partial charge in [0.05, 0.1) is 6.54 Å². The molecule has 0 aromatic heterocycles. The first-order valence-electron chi connectivity index (χ1n) is 9.09. The van der Waals surface area contributed by atoms with E-state index in [-0.39, 0.29) is 18.4 Å². The Bertz CT molecular complexity index is 984. The molecule has 3 N–H and O–H groups in total. The first-order chi connectivity index (χ1) is 13.5. The molecule has 0 aliphatic carbocycles. The molecule has 0 heterocycles. The zero-order valence-electron chi connectivity index (χ0n) is 16.0. The molecule has 0 unspecified atom stereocenters. The number of hydrogen-bond acceptors (Lipinski definition) is 3. The fraction of sp³-hybridized carbons (Fsp3) is 0.130. The topological polar surface area (TPSA) is 70.2 Å². The first-order valence-corrected chi connectivity index (χ1v) is 9.09. The summed E-state index contributed by atoms with van der Waals surface area (Å²) in [4.78, 5) is 24.4. The maximum absolute atomic E-state index is 12.3. The average molecular weight is 373 g/mol. The van der Waals surface area contributed by atoms with Crippen molar-refractivity contribution in [3.8, 4) is 0 Å². The lowest BCUT2D eigenvalue weighted by atomic mass is 10.1. The molecule has 0 atom stereocenters. The number of anilines is 3. The third-order valence-electron chi connectivity index (χ3n) is 4.40. The Balaban J connectivity index is 1.56. The van der Waals surface area contributed by atoms with E-state index >= 15 is 0 Å². The summed E-state index contributed by atoms with van der Waals surface area (Å²) in [6.07, 6.45) is 0. The van der Waals surface area contributed by atoms with Crippen LogP contribution in [0.25, 0.3) is 0 Å². The van der Waals surface area contributed by atoms with Crippen molar-refractivity contribution in [3.63, 3.8) is 0 Å². The number of benzene rings is 3. The van der Waals surface area contributed by atoms with Crippen molar-refractivity contribution in [3.05, 3.63) is 89.5 Å². The van der Waals surface area contributed by atoms with E-state index in [0.29, 0.717) is 11.3 Å². The fourth-order valence-electron chi connectivity index (χ4n) is 2.71. The maximum Gasteiger partial charge on any atom is 0.255 e. The summed E-state index contributed by atoms with van der Waals surface area (Å²) in [6.45, 7) is 4.17. The smallest absolute Gasteiger partial charge is 0.255 e. The summed E-state index contributed by atoms with van der Waals surface area (Å²) in [5, 5.41) is 8.82. The van der Waals surface area contributed by atoms with Crippen LogP contribution in [0.2, 0.25) is 0 Å². The minimum absolute atomic E-state index is 0.128. The van der Waals surface area contributed by atoms with Crippen molar-refractivity contribution in [2.45, 2.75) is 13.8 Å². The Morgan fingerprint density at radius 3 is 2.18 bits per heavy atom. The molecule has 0 aliphatic heterocycles. The van der Waals surface area contributed by atoms with Crippen molar-refractivity contribution in [2.24, 2.45) is 0 Å². The van der Waals surface area contributed by atoms with Crippen LogP contribution in [0.15, 0.2) is 72.8 Å². The quantitative estimate of drug-likeness (QED) is 0.591. The molecule has 3 aromatic rings. The third kappa shape index (κ3) is 5.20. The van der Waals surface area contributed by atoms with Crippen LogP contribution in [0.4, 0.5) is 17.1 Å². The van der Waals surface area contributed by atoms with E-state index in [0.717, 1.165) is 16.9 Å². The highest BCUT2D eigenvalue weighted by molar-refractivity contribution is 6.04. The molecule has 2 amide bonds. The summed E-state index contributed by atoms with van der Waals surface area (Å²) >= 11 is 0. The number of rotatable bonds is 6. The van der Waals surface area contributed by atoms with Crippen LogP contribution in [-0.4, -0.2) is 18.4 Å². The molecule has 0 spiro atoms. The standard InChI is InChI=1S/C23H23N3O2/c1-16-11-12-21(13-17(16)2)25-22(27)15-24-19-9-6-10-20(14-19)26-23(28)18-7-4-3-5-8-18/h3-14,24H,15H2,1-2H3,(H,25,27)(H,26,28). The monoisotopic (exact) mass is 373 g/mol. The van der Waals surface area contributed by atoms with Gasteiger partial charge in [-0.25, -0.2) is 0 Å². The molecule has 3 rings (SSSR count). The summed E-state index contributed by atoms with van der Waals surface area (Å²) in [7, 11) is 0. The highest BCUT2D eigenvalue weighted by atomic mass is 16.2. The largest absolute Gasteiger partial charge is 0.376 e. The summed E-state index contributed by atoms with van der Waals surface area (Å²) in [6, 6.07) is 22.1. The fourth-order valence-corrected chi connectivity index (χ4v) is 2.71. The minimum atomic E-state index is -0.176. The van der Waals surface area contributed by atoms with E-state index in [4.69, 9.17) is 0 Å². The SMILES string of the molecule is Cc1ccc(NC(=O)CNc2cccc(NC(=O)c3ccccc3)c2)cc1C. The van der Waals surface area contributed by atoms with Gasteiger partial charge in [-0.1, -0.05) is 30.3 Å². The molecule has 0 saturated heterocycles. The lowest BCUT2D eigenvalue weighted by Gasteiger charge is -2.11. The van der Waals surface area contributed by atoms with E-state index < -0.39 is 0 Å². The van der Waals surface area contributed by atoms with Gasteiger partial charge < -0.3 is 16.0 Å². The van der Waals surface area contributed by atoms with Crippen molar-refractivity contribution in [1.82, 2.24) is 0 Å². The first kappa shape index (κ1) is 19.2. The van der Waals surface area contributed by atoms with E-state index in [1.165, 1.54) is 5.56 Å². The van der Waals surface area contributed by atoms with Gasteiger partial charge in [-0.15, -0.1) is 0 Å². The van der Waals surface area contributed by atoms with Crippen LogP contribution in [0.1, 0.15) is 21.5 Å². The van der Waals surface area contributed by atoms with Gasteiger partial charge in [-0.2, -0.15) is 0 Å². The number of amides is 2. The van der Waals surface area contributed by atoms with Crippen LogP contribution in [0.5, 0.6) is 0 Å². The lowest BCUT2D eigenvalue weighted by molar-refractivity contribution is -0.114. The van der Waals surface area contributed by atoms with Crippen LogP contribution < -0.4 is 16.0 Å². The van der Waals surface area contributed by atoms with Crippen LogP contribution >= 0.6 is 0 Å². The van der Waals surface area contributed by atoms with E-state index in [1.807, 2.05) is 62.4 Å². The average Bonchev–Trinajstić information content (AvgIpc) is 2.70. The number of carbonyl (C=O) groups is 2. The molecule has 5 nitrogen and oxygen atoms in total. The van der Waals surface area contributed by atoms with Crippen molar-refractivity contribution in [1.29, 1.82) is 0 Å². The molecule has 0 radical (unpaired) electrons. The number of aryl methyl sites for hydroxylation is 2. The van der Waals surface area contributed by atoms with Crippen molar-refractivity contribution < 1.29 is 9.59 Å². The normalized spacial score (nSPS) is 10.2. The van der Waals surface area contributed by atoms with E-state index in [9.17, 15) is 9.59 Å². The molecule has 0 fully saturated rings. The predicted octanol–water partition coefficient (Wildman–Crippen LogP) is 4.61. The zero-order valence-corrected chi connectivity index (χ0v) is 16.0. The maximum atomic E-state index is 12.3. The minimum Gasteiger partial charge on any atom is -0.376 e. The Kier molecular flexibility index (Phi) is 6.07. The molecule has 3 aromatic carbocycles. The van der Waals surface area contributed by atoms with Gasteiger partial charge >= 0.3 is 0 Å². The van der Waals surface area contributed by atoms with Crippen LogP contribution in [0, 0.1) is 13.8 Å². The highest BCUT2D eigenvalue weighted by Gasteiger charge is 2.07. The van der Waals surface area contributed by atoms with Gasteiger partial charge in [-0.3, -0.25) is 9.59 Å². The zero-order chi connectivity index (χ0) is 19.9. The molecular formula is C23H23N3O2. The summed E-state index contributed by atoms with van der Waals surface area (Å²) < 4.78 is 0. The number of carbonyl (C=O) groups excluding carboxylic acids is 2. The summed E-state index contributed by atoms with van der Waals surface area (Å²) in [5.74, 6) is -0.313. The molecule has 28 heavy (non-hydrogen) atoms. The lowest BCUT2D eigenvalue weighted by Crippen LogP contribution is -2.21. The second kappa shape index (κ2) is 8.86. The molecule has 5 heteroatoms.